The van der Waals surface area contributed by atoms with Gasteiger partial charge in [-0.15, -0.1) is 0 Å². The molecule has 0 saturated carbocycles. The van der Waals surface area contributed by atoms with E-state index in [2.05, 4.69) is 21.0 Å². The van der Waals surface area contributed by atoms with Crippen LogP contribution in [0.3, 0.4) is 0 Å². The number of ether oxygens (including phenoxy) is 2. The van der Waals surface area contributed by atoms with Gasteiger partial charge in [-0.05, 0) is 60.0 Å². The fraction of sp³-hybridized carbons (Fsp3) is 0.222. The first-order chi connectivity index (χ1) is 17.3. The van der Waals surface area contributed by atoms with E-state index < -0.39 is 0 Å². The van der Waals surface area contributed by atoms with Gasteiger partial charge in [-0.3, -0.25) is 4.79 Å². The van der Waals surface area contributed by atoms with Gasteiger partial charge in [0.1, 0.15) is 12.4 Å². The molecule has 4 aromatic rings. The first kappa shape index (κ1) is 26.2. The summed E-state index contributed by atoms with van der Waals surface area (Å²) in [6, 6.07) is 16.3. The molecule has 0 bridgehead atoms. The highest BCUT2D eigenvalue weighted by Gasteiger charge is 2.16. The molecule has 0 N–H and O–H groups in total. The average Bonchev–Trinajstić information content (AvgIpc) is 2.87. The summed E-state index contributed by atoms with van der Waals surface area (Å²) in [4.78, 5) is 18.1. The van der Waals surface area contributed by atoms with Crippen molar-refractivity contribution in [3.8, 4) is 11.5 Å². The van der Waals surface area contributed by atoms with Gasteiger partial charge in [-0.1, -0.05) is 65.1 Å². The van der Waals surface area contributed by atoms with Crippen LogP contribution in [0.1, 0.15) is 43.1 Å². The molecule has 6 nitrogen and oxygen atoms in total. The van der Waals surface area contributed by atoms with E-state index in [1.165, 1.54) is 4.68 Å². The summed E-state index contributed by atoms with van der Waals surface area (Å²) in [6.45, 7) is 4.36. The summed E-state index contributed by atoms with van der Waals surface area (Å²) >= 11 is 15.9. The summed E-state index contributed by atoms with van der Waals surface area (Å²) in [5, 5.41) is 6.00. The molecule has 9 heteroatoms. The first-order valence-electron chi connectivity index (χ1n) is 11.3. The van der Waals surface area contributed by atoms with Gasteiger partial charge in [0.2, 0.25) is 0 Å². The molecule has 0 aliphatic carbocycles. The van der Waals surface area contributed by atoms with E-state index in [4.69, 9.17) is 37.7 Å². The summed E-state index contributed by atoms with van der Waals surface area (Å²) < 4.78 is 13.6. The number of aromatic nitrogens is 2. The van der Waals surface area contributed by atoms with Crippen LogP contribution >= 0.6 is 39.1 Å². The third-order valence-electron chi connectivity index (χ3n) is 5.76. The van der Waals surface area contributed by atoms with Gasteiger partial charge in [-0.2, -0.15) is 9.78 Å². The number of hydrogen-bond acceptors (Lipinski definition) is 5. The van der Waals surface area contributed by atoms with Crippen molar-refractivity contribution in [3.05, 3.63) is 96.4 Å². The number of fused-ring (bicyclic) bond motifs is 1. The lowest BCUT2D eigenvalue weighted by molar-refractivity contribution is 0.284. The molecule has 186 valence electrons. The SMILES string of the molecule is CC[C@@H](C)c1nc2ccc(Br)cc2c(=O)n1N=Cc1cc(Cl)c(OCc2ccc(Cl)cc2)c(OC)c1. The number of halogens is 3. The summed E-state index contributed by atoms with van der Waals surface area (Å²) in [7, 11) is 1.54. The zero-order valence-corrected chi connectivity index (χ0v) is 23.1. The summed E-state index contributed by atoms with van der Waals surface area (Å²) in [5.41, 5.74) is 1.98. The van der Waals surface area contributed by atoms with Gasteiger partial charge < -0.3 is 9.47 Å². The molecule has 0 fully saturated rings. The Morgan fingerprint density at radius 3 is 2.58 bits per heavy atom. The molecule has 4 rings (SSSR count). The van der Waals surface area contributed by atoms with E-state index in [0.717, 1.165) is 16.5 Å². The van der Waals surface area contributed by atoms with Crippen LogP contribution in [0.15, 0.2) is 69.0 Å². The molecule has 0 radical (unpaired) electrons. The quantitative estimate of drug-likeness (QED) is 0.200. The Morgan fingerprint density at radius 1 is 1.14 bits per heavy atom. The molecule has 0 aliphatic heterocycles. The highest BCUT2D eigenvalue weighted by Crippen LogP contribution is 2.36. The van der Waals surface area contributed by atoms with Crippen molar-refractivity contribution < 1.29 is 9.47 Å². The van der Waals surface area contributed by atoms with Crippen LogP contribution in [-0.2, 0) is 6.61 Å². The zero-order chi connectivity index (χ0) is 25.8. The number of methoxy groups -OCH3 is 1. The Kier molecular flexibility index (Phi) is 8.34. The lowest BCUT2D eigenvalue weighted by Gasteiger charge is -2.15. The van der Waals surface area contributed by atoms with Gasteiger partial charge in [0.05, 0.1) is 29.2 Å². The van der Waals surface area contributed by atoms with Gasteiger partial charge in [0, 0.05) is 15.4 Å². The van der Waals surface area contributed by atoms with E-state index >= 15 is 0 Å². The Labute approximate surface area is 227 Å². The van der Waals surface area contributed by atoms with Crippen LogP contribution in [0, 0.1) is 0 Å². The Bertz CT molecular complexity index is 1490. The molecule has 0 amide bonds. The minimum atomic E-state index is -0.242. The Balaban J connectivity index is 1.69. The highest BCUT2D eigenvalue weighted by molar-refractivity contribution is 9.10. The van der Waals surface area contributed by atoms with Gasteiger partial charge >= 0.3 is 0 Å². The summed E-state index contributed by atoms with van der Waals surface area (Å²) in [6.07, 6.45) is 2.37. The second-order valence-corrected chi connectivity index (χ2v) is 10.0. The molecule has 1 heterocycles. The molecular formula is C27H24BrCl2N3O3. The number of hydrogen-bond donors (Lipinski definition) is 0. The molecule has 0 saturated heterocycles. The predicted molar refractivity (Wildman–Crippen MR) is 149 cm³/mol. The average molecular weight is 589 g/mol. The maximum Gasteiger partial charge on any atom is 0.282 e. The molecule has 36 heavy (non-hydrogen) atoms. The molecular weight excluding hydrogens is 565 g/mol. The van der Waals surface area contributed by atoms with Gasteiger partial charge in [-0.25, -0.2) is 4.98 Å². The van der Waals surface area contributed by atoms with Crippen LogP contribution in [0.5, 0.6) is 11.5 Å². The Morgan fingerprint density at radius 2 is 1.89 bits per heavy atom. The molecule has 0 aliphatic rings. The lowest BCUT2D eigenvalue weighted by Crippen LogP contribution is -2.23. The molecule has 1 aromatic heterocycles. The number of rotatable bonds is 8. The van der Waals surface area contributed by atoms with E-state index in [-0.39, 0.29) is 11.5 Å². The maximum atomic E-state index is 13.3. The minimum Gasteiger partial charge on any atom is -0.493 e. The predicted octanol–water partition coefficient (Wildman–Crippen LogP) is 7.45. The van der Waals surface area contributed by atoms with Crippen molar-refractivity contribution in [2.75, 3.05) is 7.11 Å². The van der Waals surface area contributed by atoms with Crippen molar-refractivity contribution in [3.63, 3.8) is 0 Å². The van der Waals surface area contributed by atoms with Crippen LogP contribution in [0.4, 0.5) is 0 Å². The third-order valence-corrected chi connectivity index (χ3v) is 6.78. The Hall–Kier alpha value is -2.87. The monoisotopic (exact) mass is 587 g/mol. The fourth-order valence-electron chi connectivity index (χ4n) is 3.59. The molecule has 3 aromatic carbocycles. The standard InChI is InChI=1S/C27H24BrCl2N3O3/c1-4-16(2)26-32-23-10-7-19(28)13-21(23)27(34)33(26)31-14-18-11-22(30)25(24(12-18)35-3)36-15-17-5-8-20(29)9-6-17/h5-14,16H,4,15H2,1-3H3/t16-/m1/s1. The normalized spacial score (nSPS) is 12.3. The van der Waals surface area contributed by atoms with Gasteiger partial charge in [0.15, 0.2) is 11.5 Å². The molecule has 0 spiro atoms. The van der Waals surface area contributed by atoms with E-state index in [1.807, 2.05) is 38.1 Å². The second-order valence-electron chi connectivity index (χ2n) is 8.25. The number of benzene rings is 3. The minimum absolute atomic E-state index is 0.0321. The largest absolute Gasteiger partial charge is 0.493 e. The lowest BCUT2D eigenvalue weighted by atomic mass is 10.1. The van der Waals surface area contributed by atoms with Crippen molar-refractivity contribution in [2.45, 2.75) is 32.8 Å². The van der Waals surface area contributed by atoms with E-state index in [1.54, 1.807) is 43.7 Å². The topological polar surface area (TPSA) is 65.7 Å². The first-order valence-corrected chi connectivity index (χ1v) is 12.9. The highest BCUT2D eigenvalue weighted by atomic mass is 79.9. The maximum absolute atomic E-state index is 13.3. The fourth-order valence-corrected chi connectivity index (χ4v) is 4.35. The van der Waals surface area contributed by atoms with Crippen LogP contribution in [0.25, 0.3) is 10.9 Å². The van der Waals surface area contributed by atoms with Crippen molar-refractivity contribution in [1.29, 1.82) is 0 Å². The smallest absolute Gasteiger partial charge is 0.282 e. The zero-order valence-electron chi connectivity index (χ0n) is 20.0. The molecule has 0 unspecified atom stereocenters. The van der Waals surface area contributed by atoms with Crippen molar-refractivity contribution in [1.82, 2.24) is 9.66 Å². The molecule has 1 atom stereocenters. The van der Waals surface area contributed by atoms with Crippen molar-refractivity contribution >= 4 is 56.2 Å². The van der Waals surface area contributed by atoms with Crippen LogP contribution in [-0.4, -0.2) is 23.0 Å². The van der Waals surface area contributed by atoms with E-state index in [0.29, 0.717) is 50.4 Å². The summed E-state index contributed by atoms with van der Waals surface area (Å²) in [5.74, 6) is 1.49. The van der Waals surface area contributed by atoms with E-state index in [9.17, 15) is 4.79 Å². The number of nitrogens with zero attached hydrogens (tertiary/aromatic N) is 3. The van der Waals surface area contributed by atoms with Crippen molar-refractivity contribution in [2.24, 2.45) is 5.10 Å². The van der Waals surface area contributed by atoms with Crippen LogP contribution < -0.4 is 15.0 Å². The third kappa shape index (κ3) is 5.75. The second kappa shape index (κ2) is 11.5. The van der Waals surface area contributed by atoms with Gasteiger partial charge in [0.25, 0.3) is 5.56 Å². The van der Waals surface area contributed by atoms with Crippen LogP contribution in [0.2, 0.25) is 10.0 Å².